The van der Waals surface area contributed by atoms with Gasteiger partial charge in [-0.25, -0.2) is 4.98 Å². The van der Waals surface area contributed by atoms with Crippen molar-refractivity contribution in [3.05, 3.63) is 27.1 Å². The van der Waals surface area contributed by atoms with Crippen LogP contribution in [-0.2, 0) is 11.3 Å². The third-order valence-electron chi connectivity index (χ3n) is 4.05. The number of carbonyl (C=O) groups is 1. The van der Waals surface area contributed by atoms with Gasteiger partial charge in [0, 0.05) is 10.9 Å². The Kier molecular flexibility index (Phi) is 5.57. The van der Waals surface area contributed by atoms with Gasteiger partial charge in [-0.15, -0.1) is 11.3 Å². The molecule has 0 saturated carbocycles. The molecule has 2 heterocycles. The van der Waals surface area contributed by atoms with Crippen LogP contribution in [0.5, 0.6) is 0 Å². The number of amides is 1. The topological polar surface area (TPSA) is 64.0 Å². The van der Waals surface area contributed by atoms with Gasteiger partial charge in [0.15, 0.2) is 0 Å². The van der Waals surface area contributed by atoms with E-state index in [0.29, 0.717) is 11.3 Å². The molecular formula is C17H25N3O2S. The summed E-state index contributed by atoms with van der Waals surface area (Å²) in [5, 5.41) is 3.59. The standard InChI is InChI=1S/C17H25N3O2S/c1-10(2)6-7-11(3)19-14(21)8-20-9-18-16-15(17(20)22)12(4)13(5)23-16/h9-11H,6-8H2,1-5H3,(H,19,21)/t11-/m0/s1. The molecule has 23 heavy (non-hydrogen) atoms. The summed E-state index contributed by atoms with van der Waals surface area (Å²) in [7, 11) is 0. The number of hydrogen-bond donors (Lipinski definition) is 1. The first kappa shape index (κ1) is 17.7. The van der Waals surface area contributed by atoms with E-state index in [9.17, 15) is 9.59 Å². The summed E-state index contributed by atoms with van der Waals surface area (Å²) in [6, 6.07) is 0.113. The number of nitrogens with one attached hydrogen (secondary N) is 1. The number of hydrogen-bond acceptors (Lipinski definition) is 4. The first-order valence-electron chi connectivity index (χ1n) is 8.04. The van der Waals surface area contributed by atoms with Gasteiger partial charge in [-0.2, -0.15) is 0 Å². The van der Waals surface area contributed by atoms with Crippen molar-refractivity contribution in [2.45, 2.75) is 60.0 Å². The van der Waals surface area contributed by atoms with Crippen molar-refractivity contribution in [3.8, 4) is 0 Å². The van der Waals surface area contributed by atoms with Gasteiger partial charge in [0.25, 0.3) is 5.56 Å². The molecule has 1 N–H and O–H groups in total. The molecule has 0 spiro atoms. The van der Waals surface area contributed by atoms with E-state index >= 15 is 0 Å². The molecule has 0 aromatic carbocycles. The fourth-order valence-electron chi connectivity index (χ4n) is 2.51. The second-order valence-corrected chi connectivity index (χ2v) is 7.78. The maximum atomic E-state index is 12.5. The summed E-state index contributed by atoms with van der Waals surface area (Å²) < 4.78 is 1.39. The number of aromatic nitrogens is 2. The Hall–Kier alpha value is -1.69. The maximum Gasteiger partial charge on any atom is 0.262 e. The first-order chi connectivity index (χ1) is 10.8. The molecule has 2 aromatic rings. The molecule has 0 saturated heterocycles. The Morgan fingerprint density at radius 1 is 1.30 bits per heavy atom. The summed E-state index contributed by atoms with van der Waals surface area (Å²) in [5.41, 5.74) is 0.824. The van der Waals surface area contributed by atoms with E-state index in [4.69, 9.17) is 0 Å². The van der Waals surface area contributed by atoms with Crippen molar-refractivity contribution in [1.82, 2.24) is 14.9 Å². The summed E-state index contributed by atoms with van der Waals surface area (Å²) >= 11 is 1.52. The summed E-state index contributed by atoms with van der Waals surface area (Å²) in [5.74, 6) is 0.475. The minimum atomic E-state index is -0.144. The number of nitrogens with zero attached hydrogens (tertiary/aromatic N) is 2. The highest BCUT2D eigenvalue weighted by Gasteiger charge is 2.14. The van der Waals surface area contributed by atoms with E-state index in [1.807, 2.05) is 20.8 Å². The molecule has 2 rings (SSSR count). The molecule has 1 amide bonds. The zero-order valence-corrected chi connectivity index (χ0v) is 15.3. The van der Waals surface area contributed by atoms with E-state index in [-0.39, 0.29) is 24.1 Å². The predicted octanol–water partition coefficient (Wildman–Crippen LogP) is 3.02. The highest BCUT2D eigenvalue weighted by atomic mass is 32.1. The molecule has 0 aliphatic heterocycles. The molecule has 0 fully saturated rings. The monoisotopic (exact) mass is 335 g/mol. The Bertz CT molecular complexity index is 761. The van der Waals surface area contributed by atoms with E-state index in [2.05, 4.69) is 24.1 Å². The Morgan fingerprint density at radius 2 is 2.00 bits per heavy atom. The lowest BCUT2D eigenvalue weighted by molar-refractivity contribution is -0.122. The number of thiophene rings is 1. The highest BCUT2D eigenvalue weighted by Crippen LogP contribution is 2.25. The van der Waals surface area contributed by atoms with Crippen LogP contribution in [0, 0.1) is 19.8 Å². The minimum Gasteiger partial charge on any atom is -0.352 e. The first-order valence-corrected chi connectivity index (χ1v) is 8.85. The Morgan fingerprint density at radius 3 is 2.65 bits per heavy atom. The molecule has 0 aliphatic rings. The lowest BCUT2D eigenvalue weighted by Gasteiger charge is -2.15. The summed E-state index contributed by atoms with van der Waals surface area (Å²) in [4.78, 5) is 30.8. The lowest BCUT2D eigenvalue weighted by Crippen LogP contribution is -2.37. The zero-order valence-electron chi connectivity index (χ0n) is 14.5. The highest BCUT2D eigenvalue weighted by molar-refractivity contribution is 7.18. The van der Waals surface area contributed by atoms with Crippen LogP contribution < -0.4 is 10.9 Å². The fraction of sp³-hybridized carbons (Fsp3) is 0.588. The van der Waals surface area contributed by atoms with E-state index in [0.717, 1.165) is 28.1 Å². The molecule has 0 aliphatic carbocycles. The second kappa shape index (κ2) is 7.25. The van der Waals surface area contributed by atoms with Crippen LogP contribution in [0.1, 0.15) is 44.1 Å². The number of carbonyl (C=O) groups excluding carboxylic acids is 1. The van der Waals surface area contributed by atoms with Gasteiger partial charge in [-0.3, -0.25) is 14.2 Å². The molecule has 5 nitrogen and oxygen atoms in total. The zero-order chi connectivity index (χ0) is 17.1. The van der Waals surface area contributed by atoms with Crippen LogP contribution in [0.15, 0.2) is 11.1 Å². The Labute approximate surface area is 140 Å². The Balaban J connectivity index is 2.10. The quantitative estimate of drug-likeness (QED) is 0.882. The molecular weight excluding hydrogens is 310 g/mol. The van der Waals surface area contributed by atoms with Gasteiger partial charge in [0.1, 0.15) is 11.4 Å². The largest absolute Gasteiger partial charge is 0.352 e. The number of fused-ring (bicyclic) bond motifs is 1. The maximum absolute atomic E-state index is 12.5. The molecule has 1 atom stereocenters. The average molecular weight is 335 g/mol. The SMILES string of the molecule is Cc1sc2ncn(CC(=O)N[C@@H](C)CCC(C)C)c(=O)c2c1C. The molecule has 0 radical (unpaired) electrons. The summed E-state index contributed by atoms with van der Waals surface area (Å²) in [6.45, 7) is 10.3. The average Bonchev–Trinajstić information content (AvgIpc) is 2.75. The molecule has 2 aromatic heterocycles. The third-order valence-corrected chi connectivity index (χ3v) is 5.17. The van der Waals surface area contributed by atoms with Crippen LogP contribution in [-0.4, -0.2) is 21.5 Å². The predicted molar refractivity (Wildman–Crippen MR) is 95.0 cm³/mol. The normalized spacial score (nSPS) is 12.8. The van der Waals surface area contributed by atoms with Gasteiger partial charge in [0.05, 0.1) is 11.7 Å². The molecule has 0 bridgehead atoms. The minimum absolute atomic E-state index is 0.0160. The van der Waals surface area contributed by atoms with Gasteiger partial charge < -0.3 is 5.32 Å². The van der Waals surface area contributed by atoms with Crippen molar-refractivity contribution in [2.24, 2.45) is 5.92 Å². The van der Waals surface area contributed by atoms with Crippen molar-refractivity contribution in [2.75, 3.05) is 0 Å². The van der Waals surface area contributed by atoms with E-state index in [1.54, 1.807) is 0 Å². The van der Waals surface area contributed by atoms with E-state index in [1.165, 1.54) is 22.2 Å². The van der Waals surface area contributed by atoms with Crippen LogP contribution >= 0.6 is 11.3 Å². The van der Waals surface area contributed by atoms with Gasteiger partial charge in [-0.1, -0.05) is 13.8 Å². The third kappa shape index (κ3) is 4.19. The van der Waals surface area contributed by atoms with Gasteiger partial charge in [0.2, 0.25) is 5.91 Å². The molecule has 6 heteroatoms. The smallest absolute Gasteiger partial charge is 0.262 e. The van der Waals surface area contributed by atoms with Crippen LogP contribution in [0.25, 0.3) is 10.2 Å². The van der Waals surface area contributed by atoms with Crippen molar-refractivity contribution >= 4 is 27.5 Å². The molecule has 0 unspecified atom stereocenters. The van der Waals surface area contributed by atoms with Crippen LogP contribution in [0.4, 0.5) is 0 Å². The van der Waals surface area contributed by atoms with E-state index < -0.39 is 0 Å². The van der Waals surface area contributed by atoms with Crippen LogP contribution in [0.3, 0.4) is 0 Å². The number of aryl methyl sites for hydroxylation is 2. The van der Waals surface area contributed by atoms with Crippen molar-refractivity contribution in [3.63, 3.8) is 0 Å². The lowest BCUT2D eigenvalue weighted by atomic mass is 10.0. The van der Waals surface area contributed by atoms with Crippen LogP contribution in [0.2, 0.25) is 0 Å². The summed E-state index contributed by atoms with van der Waals surface area (Å²) in [6.07, 6.45) is 3.49. The van der Waals surface area contributed by atoms with Crippen molar-refractivity contribution < 1.29 is 4.79 Å². The van der Waals surface area contributed by atoms with Crippen molar-refractivity contribution in [1.29, 1.82) is 0 Å². The van der Waals surface area contributed by atoms with Gasteiger partial charge >= 0.3 is 0 Å². The van der Waals surface area contributed by atoms with Gasteiger partial charge in [-0.05, 0) is 45.1 Å². The fourth-order valence-corrected chi connectivity index (χ4v) is 3.50. The second-order valence-electron chi connectivity index (χ2n) is 6.58. The molecule has 126 valence electrons. The number of rotatable bonds is 6.